The summed E-state index contributed by atoms with van der Waals surface area (Å²) in [4.78, 5) is 2.59. The van der Waals surface area contributed by atoms with E-state index >= 15 is 0 Å². The lowest BCUT2D eigenvalue weighted by molar-refractivity contribution is -0.117. The molecule has 0 bridgehead atoms. The van der Waals surface area contributed by atoms with E-state index in [0.29, 0.717) is 23.2 Å². The van der Waals surface area contributed by atoms with Gasteiger partial charge in [-0.15, -0.1) is 0 Å². The molecular formula is C26H31NO6. The molecule has 0 aromatic heterocycles. The molecule has 0 radical (unpaired) electrons. The number of hydrogen-bond acceptors (Lipinski definition) is 7. The summed E-state index contributed by atoms with van der Waals surface area (Å²) in [5.74, 6) is 4.80. The van der Waals surface area contributed by atoms with E-state index in [9.17, 15) is 0 Å². The third-order valence-electron chi connectivity index (χ3n) is 7.85. The van der Waals surface area contributed by atoms with Gasteiger partial charge in [0, 0.05) is 43.0 Å². The van der Waals surface area contributed by atoms with Crippen molar-refractivity contribution >= 4 is 0 Å². The van der Waals surface area contributed by atoms with Crippen molar-refractivity contribution in [1.82, 2.24) is 4.90 Å². The Hall–Kier alpha value is -2.80. The Bertz CT molecular complexity index is 1040. The molecule has 0 unspecified atom stereocenters. The molecule has 7 heteroatoms. The fraction of sp³-hybridized carbons (Fsp3) is 0.538. The minimum Gasteiger partial charge on any atom is -0.493 e. The molecule has 7 nitrogen and oxygen atoms in total. The van der Waals surface area contributed by atoms with E-state index in [1.165, 1.54) is 12.8 Å². The zero-order valence-corrected chi connectivity index (χ0v) is 19.5. The molecule has 0 N–H and O–H groups in total. The van der Waals surface area contributed by atoms with Crippen LogP contribution in [0.15, 0.2) is 24.3 Å². The Morgan fingerprint density at radius 2 is 1.55 bits per heavy atom. The predicted molar refractivity (Wildman–Crippen MR) is 122 cm³/mol. The summed E-state index contributed by atoms with van der Waals surface area (Å²) in [6.07, 6.45) is 5.72. The third-order valence-corrected chi connectivity index (χ3v) is 7.85. The van der Waals surface area contributed by atoms with Crippen molar-refractivity contribution in [2.24, 2.45) is 5.92 Å². The van der Waals surface area contributed by atoms with Crippen LogP contribution < -0.4 is 28.4 Å². The number of nitrogens with zero attached hydrogens (tertiary/aromatic N) is 1. The first-order valence-electron chi connectivity index (χ1n) is 11.9. The summed E-state index contributed by atoms with van der Waals surface area (Å²) in [6, 6.07) is 8.32. The van der Waals surface area contributed by atoms with Gasteiger partial charge in [0.05, 0.1) is 21.3 Å². The molecule has 2 fully saturated rings. The maximum atomic E-state index is 6.97. The molecule has 3 atom stereocenters. The Labute approximate surface area is 194 Å². The molecule has 6 rings (SSSR count). The lowest BCUT2D eigenvalue weighted by atomic mass is 9.73. The minimum absolute atomic E-state index is 0.111. The summed E-state index contributed by atoms with van der Waals surface area (Å²) in [7, 11) is 4.97. The largest absolute Gasteiger partial charge is 0.493 e. The number of ether oxygens (including phenoxy) is 6. The molecule has 2 aromatic rings. The SMILES string of the molecule is COc1cc([C@@H]2c3cc4c(cc3O[C@@]3(N5CCCC5)CCC[C@H]23)OCO4)cc(OC)c1OC. The summed E-state index contributed by atoms with van der Waals surface area (Å²) >= 11 is 0. The monoisotopic (exact) mass is 453 g/mol. The van der Waals surface area contributed by atoms with E-state index in [1.807, 2.05) is 6.07 Å². The van der Waals surface area contributed by atoms with E-state index in [0.717, 1.165) is 60.7 Å². The Balaban J connectivity index is 1.56. The molecule has 1 aliphatic carbocycles. The molecule has 1 saturated heterocycles. The summed E-state index contributed by atoms with van der Waals surface area (Å²) in [5.41, 5.74) is 1.97. The molecule has 3 heterocycles. The highest BCUT2D eigenvalue weighted by Gasteiger charge is 2.57. The highest BCUT2D eigenvalue weighted by atomic mass is 16.7. The average molecular weight is 454 g/mol. The van der Waals surface area contributed by atoms with Crippen LogP contribution in [0.3, 0.4) is 0 Å². The van der Waals surface area contributed by atoms with Crippen molar-refractivity contribution < 1.29 is 28.4 Å². The number of benzene rings is 2. The lowest BCUT2D eigenvalue weighted by Crippen LogP contribution is -2.58. The zero-order chi connectivity index (χ0) is 22.6. The Morgan fingerprint density at radius 3 is 2.21 bits per heavy atom. The van der Waals surface area contributed by atoms with E-state index in [1.54, 1.807) is 21.3 Å². The molecule has 0 spiro atoms. The number of hydrogen-bond donors (Lipinski definition) is 0. The summed E-state index contributed by atoms with van der Waals surface area (Å²) < 4.78 is 35.5. The van der Waals surface area contributed by atoms with Gasteiger partial charge in [-0.25, -0.2) is 0 Å². The van der Waals surface area contributed by atoms with Crippen LogP contribution in [0.5, 0.6) is 34.5 Å². The van der Waals surface area contributed by atoms with E-state index in [2.05, 4.69) is 23.1 Å². The second-order valence-electron chi connectivity index (χ2n) is 9.32. The molecule has 2 aromatic carbocycles. The number of rotatable bonds is 5. The van der Waals surface area contributed by atoms with Crippen LogP contribution in [0.1, 0.15) is 49.1 Å². The fourth-order valence-electron chi connectivity index (χ4n) is 6.46. The third kappa shape index (κ3) is 3.05. The van der Waals surface area contributed by atoms with Crippen molar-refractivity contribution in [3.05, 3.63) is 35.4 Å². The van der Waals surface area contributed by atoms with Gasteiger partial charge in [-0.05, 0) is 49.4 Å². The van der Waals surface area contributed by atoms with Crippen molar-refractivity contribution in [3.8, 4) is 34.5 Å². The topological polar surface area (TPSA) is 58.6 Å². The van der Waals surface area contributed by atoms with Gasteiger partial charge in [0.2, 0.25) is 12.5 Å². The van der Waals surface area contributed by atoms with Crippen LogP contribution in [0.2, 0.25) is 0 Å². The van der Waals surface area contributed by atoms with Crippen LogP contribution >= 0.6 is 0 Å². The highest BCUT2D eigenvalue weighted by Crippen LogP contribution is 2.59. The molecule has 4 aliphatic rings. The minimum atomic E-state index is -0.303. The second-order valence-corrected chi connectivity index (χ2v) is 9.32. The van der Waals surface area contributed by atoms with E-state index in [-0.39, 0.29) is 18.4 Å². The molecule has 1 saturated carbocycles. The van der Waals surface area contributed by atoms with Crippen molar-refractivity contribution in [3.63, 3.8) is 0 Å². The smallest absolute Gasteiger partial charge is 0.231 e. The highest BCUT2D eigenvalue weighted by molar-refractivity contribution is 5.60. The van der Waals surface area contributed by atoms with Gasteiger partial charge in [0.25, 0.3) is 0 Å². The molecule has 3 aliphatic heterocycles. The van der Waals surface area contributed by atoms with Gasteiger partial charge in [-0.3, -0.25) is 4.90 Å². The average Bonchev–Trinajstić information content (AvgIpc) is 3.60. The van der Waals surface area contributed by atoms with Crippen LogP contribution in [-0.2, 0) is 0 Å². The summed E-state index contributed by atoms with van der Waals surface area (Å²) in [5, 5.41) is 0. The Morgan fingerprint density at radius 1 is 0.848 bits per heavy atom. The maximum absolute atomic E-state index is 6.97. The first kappa shape index (κ1) is 20.8. The van der Waals surface area contributed by atoms with E-state index in [4.69, 9.17) is 28.4 Å². The van der Waals surface area contributed by atoms with Crippen LogP contribution in [0.4, 0.5) is 0 Å². The van der Waals surface area contributed by atoms with Crippen molar-refractivity contribution in [2.45, 2.75) is 43.7 Å². The van der Waals surface area contributed by atoms with Crippen LogP contribution in [-0.4, -0.2) is 51.8 Å². The lowest BCUT2D eigenvalue weighted by Gasteiger charge is -2.50. The number of methoxy groups -OCH3 is 3. The molecule has 33 heavy (non-hydrogen) atoms. The van der Waals surface area contributed by atoms with Crippen LogP contribution in [0.25, 0.3) is 0 Å². The fourth-order valence-corrected chi connectivity index (χ4v) is 6.46. The molecule has 0 amide bonds. The van der Waals surface area contributed by atoms with Crippen molar-refractivity contribution in [2.75, 3.05) is 41.2 Å². The van der Waals surface area contributed by atoms with Crippen molar-refractivity contribution in [1.29, 1.82) is 0 Å². The quantitative estimate of drug-likeness (QED) is 0.658. The van der Waals surface area contributed by atoms with Gasteiger partial charge in [0.15, 0.2) is 28.7 Å². The summed E-state index contributed by atoms with van der Waals surface area (Å²) in [6.45, 7) is 2.41. The maximum Gasteiger partial charge on any atom is 0.231 e. The van der Waals surface area contributed by atoms with Gasteiger partial charge < -0.3 is 28.4 Å². The first-order valence-corrected chi connectivity index (χ1v) is 11.9. The number of likely N-dealkylation sites (tertiary alicyclic amines) is 1. The first-order chi connectivity index (χ1) is 16.2. The van der Waals surface area contributed by atoms with Gasteiger partial charge in [-0.1, -0.05) is 0 Å². The van der Waals surface area contributed by atoms with Crippen LogP contribution in [0, 0.1) is 5.92 Å². The van der Waals surface area contributed by atoms with Gasteiger partial charge >= 0.3 is 0 Å². The van der Waals surface area contributed by atoms with Gasteiger partial charge in [-0.2, -0.15) is 0 Å². The number of fused-ring (bicyclic) bond motifs is 3. The molecular weight excluding hydrogens is 422 g/mol. The zero-order valence-electron chi connectivity index (χ0n) is 19.5. The molecule has 176 valence electrons. The predicted octanol–water partition coefficient (Wildman–Crippen LogP) is 4.56. The Kier molecular flexibility index (Phi) is 4.98. The van der Waals surface area contributed by atoms with E-state index < -0.39 is 0 Å². The van der Waals surface area contributed by atoms with Gasteiger partial charge in [0.1, 0.15) is 5.75 Å². The standard InChI is InChI=1S/C26H31NO6/c1-28-22-11-16(12-23(29-2)25(22)30-3)24-17-13-20-21(32-15-31-20)14-19(17)33-26(8-6-7-18(24)26)27-9-4-5-10-27/h11-14,18,24H,4-10,15H2,1-3H3/t18-,24-,26+/m1/s1. The second kappa shape index (κ2) is 7.90. The normalized spacial score (nSPS) is 27.6.